The Balaban J connectivity index is 1.63. The third-order valence-corrected chi connectivity index (χ3v) is 5.59. The lowest BCUT2D eigenvalue weighted by Crippen LogP contribution is -2.54. The molecule has 0 bridgehead atoms. The van der Waals surface area contributed by atoms with Crippen molar-refractivity contribution in [3.8, 4) is 5.75 Å². The van der Waals surface area contributed by atoms with Crippen LogP contribution < -0.4 is 15.0 Å². The Bertz CT molecular complexity index is 1320. The Labute approximate surface area is 205 Å². The zero-order valence-electron chi connectivity index (χ0n) is 18.3. The van der Waals surface area contributed by atoms with Gasteiger partial charge in [0.2, 0.25) is 0 Å². The first-order chi connectivity index (χ1) is 16.5. The number of anilines is 1. The summed E-state index contributed by atoms with van der Waals surface area (Å²) < 4.78 is 6.69. The molecule has 3 aromatic carbocycles. The molecular weight excluding hydrogens is 496 g/mol. The average molecular weight is 517 g/mol. The van der Waals surface area contributed by atoms with Crippen LogP contribution >= 0.6 is 15.9 Å². The summed E-state index contributed by atoms with van der Waals surface area (Å²) in [5, 5.41) is 2.24. The maximum atomic E-state index is 13.1. The molecule has 1 N–H and O–H groups in total. The lowest BCUT2D eigenvalue weighted by Gasteiger charge is -2.26. The summed E-state index contributed by atoms with van der Waals surface area (Å²) in [6, 6.07) is 21.2. The van der Waals surface area contributed by atoms with Crippen LogP contribution in [0.15, 0.2) is 88.9 Å². The smallest absolute Gasteiger partial charge is 0.335 e. The summed E-state index contributed by atoms with van der Waals surface area (Å²) in [6.45, 7) is 2.31. The number of hydrogen-bond acceptors (Lipinski definition) is 4. The highest BCUT2D eigenvalue weighted by Gasteiger charge is 2.36. The van der Waals surface area contributed by atoms with E-state index in [1.54, 1.807) is 36.4 Å². The minimum Gasteiger partial charge on any atom is -0.488 e. The van der Waals surface area contributed by atoms with Gasteiger partial charge in [0.05, 0.1) is 5.69 Å². The van der Waals surface area contributed by atoms with Crippen molar-refractivity contribution in [1.29, 1.82) is 0 Å². The van der Waals surface area contributed by atoms with Crippen LogP contribution in [0.4, 0.5) is 10.5 Å². The molecule has 1 heterocycles. The molecule has 4 rings (SSSR count). The summed E-state index contributed by atoms with van der Waals surface area (Å²) in [5.74, 6) is -0.753. The molecule has 6 nitrogen and oxygen atoms in total. The summed E-state index contributed by atoms with van der Waals surface area (Å²) in [7, 11) is 0. The number of barbiturate groups is 1. The molecule has 0 atom stereocenters. The van der Waals surface area contributed by atoms with E-state index in [0.717, 1.165) is 16.0 Å². The first-order valence-electron chi connectivity index (χ1n) is 10.6. The quantitative estimate of drug-likeness (QED) is 0.335. The number of halogens is 1. The van der Waals surface area contributed by atoms with Crippen LogP contribution in [-0.4, -0.2) is 17.8 Å². The minimum atomic E-state index is -0.787. The third kappa shape index (κ3) is 5.15. The molecule has 170 valence electrons. The van der Waals surface area contributed by atoms with Crippen LogP contribution in [0.25, 0.3) is 12.2 Å². The maximum Gasteiger partial charge on any atom is 0.335 e. The predicted octanol–water partition coefficient (Wildman–Crippen LogP) is 5.73. The average Bonchev–Trinajstić information content (AvgIpc) is 2.82. The molecule has 34 heavy (non-hydrogen) atoms. The van der Waals surface area contributed by atoms with Crippen molar-refractivity contribution < 1.29 is 19.1 Å². The van der Waals surface area contributed by atoms with E-state index in [1.165, 1.54) is 6.08 Å². The molecule has 1 aliphatic heterocycles. The van der Waals surface area contributed by atoms with Crippen LogP contribution in [0.1, 0.15) is 23.6 Å². The highest BCUT2D eigenvalue weighted by atomic mass is 79.9. The number of ether oxygens (including phenoxy) is 1. The van der Waals surface area contributed by atoms with Crippen LogP contribution in [0.2, 0.25) is 0 Å². The van der Waals surface area contributed by atoms with Gasteiger partial charge in [-0.1, -0.05) is 70.5 Å². The number of nitrogens with one attached hydrogen (secondary N) is 1. The third-order valence-electron chi connectivity index (χ3n) is 5.10. The molecule has 0 saturated carbocycles. The number of allylic oxidation sites excluding steroid dienone is 1. The summed E-state index contributed by atoms with van der Waals surface area (Å²) in [5.41, 5.74) is 2.69. The van der Waals surface area contributed by atoms with Gasteiger partial charge in [-0.3, -0.25) is 14.9 Å². The SMILES string of the molecule is C/C=C/c1cc(/C=C2\C(=O)NC(=O)N(c3cccc(Br)c3)C2=O)ccc1OCc1ccccc1. The summed E-state index contributed by atoms with van der Waals surface area (Å²) >= 11 is 3.34. The van der Waals surface area contributed by atoms with E-state index < -0.39 is 17.8 Å². The second-order valence-corrected chi connectivity index (χ2v) is 8.42. The van der Waals surface area contributed by atoms with Crippen molar-refractivity contribution in [3.63, 3.8) is 0 Å². The largest absolute Gasteiger partial charge is 0.488 e. The van der Waals surface area contributed by atoms with Crippen LogP contribution in [0.3, 0.4) is 0 Å². The van der Waals surface area contributed by atoms with Gasteiger partial charge in [-0.25, -0.2) is 9.69 Å². The van der Waals surface area contributed by atoms with Crippen molar-refractivity contribution in [1.82, 2.24) is 5.32 Å². The van der Waals surface area contributed by atoms with Crippen molar-refractivity contribution in [2.24, 2.45) is 0 Å². The van der Waals surface area contributed by atoms with Crippen LogP contribution in [0.5, 0.6) is 5.75 Å². The summed E-state index contributed by atoms with van der Waals surface area (Å²) in [4.78, 5) is 39.0. The van der Waals surface area contributed by atoms with Gasteiger partial charge in [-0.05, 0) is 54.5 Å². The summed E-state index contributed by atoms with van der Waals surface area (Å²) in [6.07, 6.45) is 5.25. The molecular formula is C27H21BrN2O4. The molecule has 7 heteroatoms. The Morgan fingerprint density at radius 2 is 1.76 bits per heavy atom. The minimum absolute atomic E-state index is 0.135. The standard InChI is InChI=1S/C27H21BrN2O4/c1-2-7-20-14-19(12-13-24(20)34-17-18-8-4-3-5-9-18)15-23-25(31)29-27(33)30(26(23)32)22-11-6-10-21(28)16-22/h2-16H,17H2,1H3,(H,29,31,33)/b7-2+,23-15+. The lowest BCUT2D eigenvalue weighted by molar-refractivity contribution is -0.122. The molecule has 0 unspecified atom stereocenters. The second-order valence-electron chi connectivity index (χ2n) is 7.51. The van der Waals surface area contributed by atoms with Gasteiger partial charge in [-0.15, -0.1) is 0 Å². The number of carbonyl (C=O) groups excluding carboxylic acids is 3. The normalized spacial score (nSPS) is 15.2. The van der Waals surface area contributed by atoms with Crippen molar-refractivity contribution in [2.75, 3.05) is 4.90 Å². The van der Waals surface area contributed by atoms with Crippen molar-refractivity contribution in [2.45, 2.75) is 13.5 Å². The molecule has 1 fully saturated rings. The Hall–Kier alpha value is -3.97. The number of rotatable bonds is 6. The van der Waals surface area contributed by atoms with E-state index in [2.05, 4.69) is 21.2 Å². The highest BCUT2D eigenvalue weighted by molar-refractivity contribution is 9.10. The number of amides is 4. The monoisotopic (exact) mass is 516 g/mol. The lowest BCUT2D eigenvalue weighted by atomic mass is 10.0. The molecule has 4 amide bonds. The number of benzene rings is 3. The molecule has 1 aliphatic rings. The van der Waals surface area contributed by atoms with E-state index in [9.17, 15) is 14.4 Å². The number of carbonyl (C=O) groups is 3. The van der Waals surface area contributed by atoms with Crippen molar-refractivity contribution in [3.05, 3.63) is 106 Å². The van der Waals surface area contributed by atoms with E-state index in [1.807, 2.05) is 55.5 Å². The fourth-order valence-electron chi connectivity index (χ4n) is 3.51. The molecule has 0 aliphatic carbocycles. The molecule has 0 spiro atoms. The van der Waals surface area contributed by atoms with Gasteiger partial charge in [-0.2, -0.15) is 0 Å². The Morgan fingerprint density at radius 3 is 2.50 bits per heavy atom. The first kappa shape index (κ1) is 23.2. The molecule has 3 aromatic rings. The molecule has 0 aromatic heterocycles. The fraction of sp³-hybridized carbons (Fsp3) is 0.0741. The van der Waals surface area contributed by atoms with E-state index >= 15 is 0 Å². The van der Waals surface area contributed by atoms with Gasteiger partial charge in [0.25, 0.3) is 11.8 Å². The van der Waals surface area contributed by atoms with E-state index in [0.29, 0.717) is 28.1 Å². The van der Waals surface area contributed by atoms with Crippen LogP contribution in [0, 0.1) is 0 Å². The van der Waals surface area contributed by atoms with Gasteiger partial charge < -0.3 is 4.74 Å². The van der Waals surface area contributed by atoms with Gasteiger partial charge in [0.15, 0.2) is 0 Å². The molecule has 1 saturated heterocycles. The van der Waals surface area contributed by atoms with E-state index in [4.69, 9.17) is 4.74 Å². The van der Waals surface area contributed by atoms with Crippen LogP contribution in [-0.2, 0) is 16.2 Å². The van der Waals surface area contributed by atoms with Gasteiger partial charge in [0.1, 0.15) is 17.9 Å². The van der Waals surface area contributed by atoms with Gasteiger partial charge >= 0.3 is 6.03 Å². The van der Waals surface area contributed by atoms with Gasteiger partial charge in [0, 0.05) is 10.0 Å². The predicted molar refractivity (Wildman–Crippen MR) is 135 cm³/mol. The Kier molecular flexibility index (Phi) is 7.04. The number of urea groups is 1. The number of nitrogens with zero attached hydrogens (tertiary/aromatic N) is 1. The number of hydrogen-bond donors (Lipinski definition) is 1. The van der Waals surface area contributed by atoms with E-state index in [-0.39, 0.29) is 5.57 Å². The zero-order valence-corrected chi connectivity index (χ0v) is 19.9. The highest BCUT2D eigenvalue weighted by Crippen LogP contribution is 2.27. The number of imide groups is 2. The second kappa shape index (κ2) is 10.3. The topological polar surface area (TPSA) is 75.7 Å². The molecule has 0 radical (unpaired) electrons. The Morgan fingerprint density at radius 1 is 0.971 bits per heavy atom. The maximum absolute atomic E-state index is 13.1. The fourth-order valence-corrected chi connectivity index (χ4v) is 3.89. The first-order valence-corrected chi connectivity index (χ1v) is 11.4. The van der Waals surface area contributed by atoms with Crippen molar-refractivity contribution >= 4 is 51.6 Å². The zero-order chi connectivity index (χ0) is 24.1.